The van der Waals surface area contributed by atoms with Crippen LogP contribution in [0.25, 0.3) is 0 Å². The maximum absolute atomic E-state index is 14.0. The van der Waals surface area contributed by atoms with Crippen LogP contribution in [0.15, 0.2) is 48.5 Å². The van der Waals surface area contributed by atoms with Crippen molar-refractivity contribution in [1.29, 1.82) is 0 Å². The molecule has 1 amide bonds. The number of halogens is 1. The molecule has 2 heterocycles. The molecule has 5 nitrogen and oxygen atoms in total. The largest absolute Gasteiger partial charge is 0.306 e. The molecule has 0 saturated carbocycles. The summed E-state index contributed by atoms with van der Waals surface area (Å²) in [6.07, 6.45) is 0.437. The first-order valence-electron chi connectivity index (χ1n) is 10.3. The molecular weight excluding hydrogens is 403 g/mol. The summed E-state index contributed by atoms with van der Waals surface area (Å²) >= 11 is 0. The molecule has 7 heteroatoms. The molecular formula is C23H27FN2O3S. The minimum atomic E-state index is -3.25. The third kappa shape index (κ3) is 4.14. The van der Waals surface area contributed by atoms with E-state index in [1.165, 1.54) is 11.6 Å². The standard InChI is InChI=1S/C23H27FN2O3S/c1-16(2)17-7-9-19(10-8-17)26-22-15-30(28,29)14-21(22)25(13-23(26)27)12-11-18-5-3-4-6-20(18)24/h3-10,16,21-22H,11-15H2,1-2H3/t21-,22+/m1/s1. The molecule has 0 unspecified atom stereocenters. The number of hydrogen-bond acceptors (Lipinski definition) is 4. The number of nitrogens with zero attached hydrogens (tertiary/aromatic N) is 2. The lowest BCUT2D eigenvalue weighted by Gasteiger charge is -2.43. The predicted molar refractivity (Wildman–Crippen MR) is 116 cm³/mol. The van der Waals surface area contributed by atoms with E-state index in [-0.39, 0.29) is 35.8 Å². The second-order valence-electron chi connectivity index (χ2n) is 8.53. The number of rotatable bonds is 5. The van der Waals surface area contributed by atoms with Gasteiger partial charge in [-0.05, 0) is 41.7 Å². The van der Waals surface area contributed by atoms with Crippen LogP contribution in [0.4, 0.5) is 10.1 Å². The Morgan fingerprint density at radius 2 is 1.70 bits per heavy atom. The van der Waals surface area contributed by atoms with Gasteiger partial charge in [0.2, 0.25) is 5.91 Å². The van der Waals surface area contributed by atoms with Gasteiger partial charge in [-0.1, -0.05) is 44.2 Å². The summed E-state index contributed by atoms with van der Waals surface area (Å²) in [7, 11) is -3.25. The predicted octanol–water partition coefficient (Wildman–Crippen LogP) is 3.01. The minimum Gasteiger partial charge on any atom is -0.306 e. The highest BCUT2D eigenvalue weighted by Gasteiger charge is 2.49. The lowest BCUT2D eigenvalue weighted by atomic mass is 10.00. The summed E-state index contributed by atoms with van der Waals surface area (Å²) in [5.74, 6) is -0.0130. The highest BCUT2D eigenvalue weighted by atomic mass is 32.2. The molecule has 2 aromatic rings. The number of fused-ring (bicyclic) bond motifs is 1. The Hall–Kier alpha value is -2.25. The molecule has 2 aliphatic heterocycles. The number of sulfone groups is 1. The number of carbonyl (C=O) groups excluding carboxylic acids is 1. The first-order valence-corrected chi connectivity index (χ1v) is 12.2. The number of carbonyl (C=O) groups is 1. The van der Waals surface area contributed by atoms with Crippen molar-refractivity contribution in [3.63, 3.8) is 0 Å². The third-order valence-corrected chi connectivity index (χ3v) is 7.86. The fraction of sp³-hybridized carbons (Fsp3) is 0.435. The van der Waals surface area contributed by atoms with Gasteiger partial charge in [-0.15, -0.1) is 0 Å². The van der Waals surface area contributed by atoms with Crippen molar-refractivity contribution >= 4 is 21.4 Å². The van der Waals surface area contributed by atoms with Crippen LogP contribution in [-0.2, 0) is 21.1 Å². The van der Waals surface area contributed by atoms with E-state index in [0.29, 0.717) is 24.4 Å². The number of amides is 1. The number of benzene rings is 2. The lowest BCUT2D eigenvalue weighted by molar-refractivity contribution is -0.123. The van der Waals surface area contributed by atoms with E-state index in [0.717, 1.165) is 5.69 Å². The maximum atomic E-state index is 14.0. The average Bonchev–Trinajstić information content (AvgIpc) is 3.02. The van der Waals surface area contributed by atoms with E-state index < -0.39 is 15.9 Å². The first-order chi connectivity index (χ1) is 14.2. The van der Waals surface area contributed by atoms with E-state index in [1.807, 2.05) is 29.2 Å². The molecule has 4 rings (SSSR count). The topological polar surface area (TPSA) is 57.7 Å². The van der Waals surface area contributed by atoms with Crippen LogP contribution >= 0.6 is 0 Å². The normalized spacial score (nSPS) is 23.7. The average molecular weight is 431 g/mol. The Labute approximate surface area is 177 Å². The molecule has 30 heavy (non-hydrogen) atoms. The second-order valence-corrected chi connectivity index (χ2v) is 10.7. The van der Waals surface area contributed by atoms with Gasteiger partial charge in [0.1, 0.15) is 5.82 Å². The van der Waals surface area contributed by atoms with E-state index in [1.54, 1.807) is 23.1 Å². The van der Waals surface area contributed by atoms with Gasteiger partial charge >= 0.3 is 0 Å². The molecule has 0 aromatic heterocycles. The quantitative estimate of drug-likeness (QED) is 0.732. The van der Waals surface area contributed by atoms with Crippen LogP contribution in [-0.4, -0.2) is 55.9 Å². The van der Waals surface area contributed by atoms with Crippen molar-refractivity contribution in [1.82, 2.24) is 4.90 Å². The van der Waals surface area contributed by atoms with E-state index in [4.69, 9.17) is 0 Å². The van der Waals surface area contributed by atoms with Gasteiger partial charge in [0.15, 0.2) is 9.84 Å². The Balaban J connectivity index is 1.58. The summed E-state index contributed by atoms with van der Waals surface area (Å²) in [5, 5.41) is 0. The van der Waals surface area contributed by atoms with E-state index in [2.05, 4.69) is 13.8 Å². The molecule has 2 aliphatic rings. The lowest BCUT2D eigenvalue weighted by Crippen LogP contribution is -2.62. The minimum absolute atomic E-state index is 0.0306. The summed E-state index contributed by atoms with van der Waals surface area (Å²) in [6.45, 7) is 4.79. The van der Waals surface area contributed by atoms with E-state index in [9.17, 15) is 17.6 Å². The van der Waals surface area contributed by atoms with Crippen molar-refractivity contribution in [2.45, 2.75) is 38.3 Å². The molecule has 2 saturated heterocycles. The monoisotopic (exact) mass is 430 g/mol. The first kappa shape index (κ1) is 21.0. The molecule has 0 bridgehead atoms. The fourth-order valence-electron chi connectivity index (χ4n) is 4.52. The third-order valence-electron chi connectivity index (χ3n) is 6.17. The zero-order valence-electron chi connectivity index (χ0n) is 17.3. The molecule has 160 valence electrons. The second kappa shape index (κ2) is 8.12. The van der Waals surface area contributed by atoms with Crippen LogP contribution in [0.1, 0.15) is 30.9 Å². The van der Waals surface area contributed by atoms with Gasteiger partial charge in [0.25, 0.3) is 0 Å². The van der Waals surface area contributed by atoms with Crippen LogP contribution in [0.3, 0.4) is 0 Å². The maximum Gasteiger partial charge on any atom is 0.241 e. The van der Waals surface area contributed by atoms with Crippen molar-refractivity contribution < 1.29 is 17.6 Å². The summed E-state index contributed by atoms with van der Waals surface area (Å²) in [4.78, 5) is 16.7. The van der Waals surface area contributed by atoms with Crippen LogP contribution < -0.4 is 4.90 Å². The van der Waals surface area contributed by atoms with Crippen LogP contribution in [0.2, 0.25) is 0 Å². The Bertz CT molecular complexity index is 1040. The van der Waals surface area contributed by atoms with Gasteiger partial charge in [0.05, 0.1) is 24.1 Å². The molecule has 0 N–H and O–H groups in total. The van der Waals surface area contributed by atoms with Gasteiger partial charge in [-0.3, -0.25) is 9.69 Å². The highest BCUT2D eigenvalue weighted by Crippen LogP contribution is 2.32. The number of hydrogen-bond donors (Lipinski definition) is 0. The van der Waals surface area contributed by atoms with Crippen molar-refractivity contribution in [2.24, 2.45) is 0 Å². The van der Waals surface area contributed by atoms with Crippen LogP contribution in [0, 0.1) is 5.82 Å². The SMILES string of the molecule is CC(C)c1ccc(N2C(=O)CN(CCc3ccccc3F)[C@@H]3CS(=O)(=O)C[C@@H]32)cc1. The van der Waals surface area contributed by atoms with Gasteiger partial charge in [-0.25, -0.2) is 12.8 Å². The molecule has 2 fully saturated rings. The zero-order valence-corrected chi connectivity index (χ0v) is 18.1. The van der Waals surface area contributed by atoms with Gasteiger partial charge < -0.3 is 4.90 Å². The summed E-state index contributed by atoms with van der Waals surface area (Å²) in [6, 6.07) is 13.7. The van der Waals surface area contributed by atoms with Crippen molar-refractivity contribution in [2.75, 3.05) is 29.5 Å². The van der Waals surface area contributed by atoms with Gasteiger partial charge in [0, 0.05) is 18.3 Å². The summed E-state index contributed by atoms with van der Waals surface area (Å²) < 4.78 is 38.9. The van der Waals surface area contributed by atoms with E-state index >= 15 is 0 Å². The molecule has 0 aliphatic carbocycles. The van der Waals surface area contributed by atoms with Crippen molar-refractivity contribution in [3.8, 4) is 0 Å². The van der Waals surface area contributed by atoms with Gasteiger partial charge in [-0.2, -0.15) is 0 Å². The van der Waals surface area contributed by atoms with Crippen molar-refractivity contribution in [3.05, 3.63) is 65.5 Å². The molecule has 2 atom stereocenters. The molecule has 2 aromatic carbocycles. The smallest absolute Gasteiger partial charge is 0.241 e. The number of piperazine rings is 1. The molecule has 0 spiro atoms. The fourth-order valence-corrected chi connectivity index (χ4v) is 6.50. The Kier molecular flexibility index (Phi) is 5.68. The number of anilines is 1. The highest BCUT2D eigenvalue weighted by molar-refractivity contribution is 7.91. The zero-order chi connectivity index (χ0) is 21.5. The Morgan fingerprint density at radius 1 is 1.03 bits per heavy atom. The molecule has 0 radical (unpaired) electrons. The Morgan fingerprint density at radius 3 is 2.37 bits per heavy atom. The summed E-state index contributed by atoms with van der Waals surface area (Å²) in [5.41, 5.74) is 2.49. The van der Waals surface area contributed by atoms with Crippen LogP contribution in [0.5, 0.6) is 0 Å².